The zero-order valence-corrected chi connectivity index (χ0v) is 15.9. The summed E-state index contributed by atoms with van der Waals surface area (Å²) in [6.45, 7) is 0. The number of hydrogen-bond acceptors (Lipinski definition) is 4. The lowest BCUT2D eigenvalue weighted by Gasteiger charge is -2.19. The molecule has 0 N–H and O–H groups in total. The third-order valence-corrected chi connectivity index (χ3v) is 6.04. The highest BCUT2D eigenvalue weighted by Gasteiger charge is 2.21. The minimum absolute atomic E-state index is 0.196. The number of carbonyl (C=O) groups excluding carboxylic acids is 1. The molecule has 0 saturated carbocycles. The van der Waals surface area contributed by atoms with E-state index < -0.39 is 16.0 Å². The summed E-state index contributed by atoms with van der Waals surface area (Å²) in [7, 11) is -2.20. The van der Waals surface area contributed by atoms with Crippen LogP contribution in [0.25, 0.3) is 0 Å². The zero-order chi connectivity index (χ0) is 19.4. The van der Waals surface area contributed by atoms with Gasteiger partial charge in [0.15, 0.2) is 0 Å². The molecular formula is C20H16ClNO4S. The third-order valence-electron chi connectivity index (χ3n) is 3.91. The molecule has 7 heteroatoms. The maximum absolute atomic E-state index is 12.6. The Morgan fingerprint density at radius 1 is 0.889 bits per heavy atom. The molecule has 0 bridgehead atoms. The fourth-order valence-electron chi connectivity index (χ4n) is 2.40. The van der Waals surface area contributed by atoms with Gasteiger partial charge in [-0.2, -0.15) is 0 Å². The molecule has 27 heavy (non-hydrogen) atoms. The first-order valence-corrected chi connectivity index (χ1v) is 9.82. The van der Waals surface area contributed by atoms with Crippen LogP contribution in [0.5, 0.6) is 5.75 Å². The van der Waals surface area contributed by atoms with E-state index in [1.54, 1.807) is 54.6 Å². The first-order valence-electron chi connectivity index (χ1n) is 8.00. The maximum Gasteiger partial charge on any atom is 0.345 e. The van der Waals surface area contributed by atoms with Gasteiger partial charge in [0.25, 0.3) is 10.0 Å². The molecule has 0 aliphatic carbocycles. The van der Waals surface area contributed by atoms with Gasteiger partial charge >= 0.3 is 5.97 Å². The molecule has 0 aliphatic heterocycles. The minimum Gasteiger partial charge on any atom is -0.423 e. The van der Waals surface area contributed by atoms with Crippen molar-refractivity contribution in [1.29, 1.82) is 0 Å². The third kappa shape index (κ3) is 4.13. The van der Waals surface area contributed by atoms with Crippen molar-refractivity contribution in [3.8, 4) is 5.75 Å². The van der Waals surface area contributed by atoms with E-state index in [2.05, 4.69) is 0 Å². The number of esters is 1. The Labute approximate surface area is 162 Å². The molecule has 0 heterocycles. The van der Waals surface area contributed by atoms with Crippen molar-refractivity contribution in [3.05, 3.63) is 89.4 Å². The number of sulfonamides is 1. The Hall–Kier alpha value is -2.83. The van der Waals surface area contributed by atoms with Crippen molar-refractivity contribution in [2.75, 3.05) is 11.4 Å². The lowest BCUT2D eigenvalue weighted by atomic mass is 10.2. The molecule has 0 amide bonds. The molecule has 3 aromatic carbocycles. The molecule has 0 aromatic heterocycles. The Bertz CT molecular complexity index is 1050. The van der Waals surface area contributed by atoms with Gasteiger partial charge in [-0.25, -0.2) is 13.2 Å². The van der Waals surface area contributed by atoms with Gasteiger partial charge in [0.2, 0.25) is 0 Å². The van der Waals surface area contributed by atoms with Gasteiger partial charge in [-0.3, -0.25) is 4.31 Å². The summed E-state index contributed by atoms with van der Waals surface area (Å²) in [6, 6.07) is 20.9. The van der Waals surface area contributed by atoms with E-state index in [4.69, 9.17) is 16.3 Å². The van der Waals surface area contributed by atoms with E-state index in [1.807, 2.05) is 0 Å². The molecule has 0 aliphatic rings. The maximum atomic E-state index is 12.6. The summed E-state index contributed by atoms with van der Waals surface area (Å²) in [6.07, 6.45) is 0. The van der Waals surface area contributed by atoms with Crippen LogP contribution in [0.15, 0.2) is 83.8 Å². The fourth-order valence-corrected chi connectivity index (χ4v) is 3.83. The van der Waals surface area contributed by atoms with Crippen LogP contribution in [0.3, 0.4) is 0 Å². The van der Waals surface area contributed by atoms with Crippen LogP contribution in [0.1, 0.15) is 10.4 Å². The van der Waals surface area contributed by atoms with Crippen molar-refractivity contribution in [3.63, 3.8) is 0 Å². The SMILES string of the molecule is CN(c1ccc(OC(=O)c2ccccc2Cl)cc1)S(=O)(=O)c1ccccc1. The Morgan fingerprint density at radius 2 is 1.48 bits per heavy atom. The van der Waals surface area contributed by atoms with Gasteiger partial charge in [0.1, 0.15) is 5.75 Å². The van der Waals surface area contributed by atoms with Gasteiger partial charge in [0, 0.05) is 7.05 Å². The molecular weight excluding hydrogens is 386 g/mol. The molecule has 3 aromatic rings. The van der Waals surface area contributed by atoms with Crippen LogP contribution in [-0.2, 0) is 10.0 Å². The minimum atomic E-state index is -3.67. The molecule has 0 radical (unpaired) electrons. The number of halogens is 1. The summed E-state index contributed by atoms with van der Waals surface area (Å²) in [5.74, 6) is -0.298. The van der Waals surface area contributed by atoms with Gasteiger partial charge in [-0.1, -0.05) is 41.9 Å². The number of nitrogens with zero attached hydrogens (tertiary/aromatic N) is 1. The lowest BCUT2D eigenvalue weighted by molar-refractivity contribution is 0.0735. The van der Waals surface area contributed by atoms with Gasteiger partial charge in [-0.05, 0) is 48.5 Å². The molecule has 0 fully saturated rings. The highest BCUT2D eigenvalue weighted by atomic mass is 35.5. The Kier molecular flexibility index (Phi) is 5.48. The molecule has 0 atom stereocenters. The molecule has 138 valence electrons. The number of hydrogen-bond donors (Lipinski definition) is 0. The number of benzene rings is 3. The topological polar surface area (TPSA) is 63.7 Å². The molecule has 0 unspecified atom stereocenters. The van der Waals surface area contributed by atoms with E-state index in [1.165, 1.54) is 35.6 Å². The van der Waals surface area contributed by atoms with Crippen LogP contribution >= 0.6 is 11.6 Å². The Morgan fingerprint density at radius 3 is 2.11 bits per heavy atom. The quantitative estimate of drug-likeness (QED) is 0.470. The Balaban J connectivity index is 1.77. The second kappa shape index (κ2) is 7.82. The van der Waals surface area contributed by atoms with Crippen LogP contribution < -0.4 is 9.04 Å². The second-order valence-corrected chi connectivity index (χ2v) is 8.03. The van der Waals surface area contributed by atoms with E-state index in [0.29, 0.717) is 10.7 Å². The normalized spacial score (nSPS) is 11.0. The van der Waals surface area contributed by atoms with Gasteiger partial charge in [-0.15, -0.1) is 0 Å². The van der Waals surface area contributed by atoms with Crippen LogP contribution in [0.4, 0.5) is 5.69 Å². The van der Waals surface area contributed by atoms with Gasteiger partial charge in [0.05, 0.1) is 21.2 Å². The van der Waals surface area contributed by atoms with E-state index in [-0.39, 0.29) is 16.2 Å². The predicted molar refractivity (Wildman–Crippen MR) is 105 cm³/mol. The van der Waals surface area contributed by atoms with E-state index in [0.717, 1.165) is 0 Å². The van der Waals surface area contributed by atoms with Crippen molar-refractivity contribution >= 4 is 33.3 Å². The van der Waals surface area contributed by atoms with Crippen molar-refractivity contribution in [2.24, 2.45) is 0 Å². The van der Waals surface area contributed by atoms with E-state index >= 15 is 0 Å². The fraction of sp³-hybridized carbons (Fsp3) is 0.0500. The van der Waals surface area contributed by atoms with Crippen molar-refractivity contribution in [1.82, 2.24) is 0 Å². The first kappa shape index (κ1) is 18.9. The van der Waals surface area contributed by atoms with Crippen molar-refractivity contribution < 1.29 is 17.9 Å². The largest absolute Gasteiger partial charge is 0.423 e. The molecule has 0 saturated heterocycles. The average Bonchev–Trinajstić information content (AvgIpc) is 2.69. The average molecular weight is 402 g/mol. The monoisotopic (exact) mass is 401 g/mol. The van der Waals surface area contributed by atoms with Gasteiger partial charge < -0.3 is 4.74 Å². The number of ether oxygens (including phenoxy) is 1. The number of rotatable bonds is 5. The van der Waals surface area contributed by atoms with Crippen LogP contribution in [-0.4, -0.2) is 21.4 Å². The summed E-state index contributed by atoms with van der Waals surface area (Å²) in [5, 5.41) is 0.299. The highest BCUT2D eigenvalue weighted by molar-refractivity contribution is 7.92. The zero-order valence-electron chi connectivity index (χ0n) is 14.4. The predicted octanol–water partition coefficient (Wildman–Crippen LogP) is 4.38. The summed E-state index contributed by atoms with van der Waals surface area (Å²) in [5.41, 5.74) is 0.698. The lowest BCUT2D eigenvalue weighted by Crippen LogP contribution is -2.26. The second-order valence-electron chi connectivity index (χ2n) is 5.65. The van der Waals surface area contributed by atoms with Crippen LogP contribution in [0, 0.1) is 0 Å². The summed E-state index contributed by atoms with van der Waals surface area (Å²) in [4.78, 5) is 12.4. The smallest absolute Gasteiger partial charge is 0.345 e. The standard InChI is InChI=1S/C20H16ClNO4S/c1-22(27(24,25)17-7-3-2-4-8-17)15-11-13-16(14-12-15)26-20(23)18-9-5-6-10-19(18)21/h2-14H,1H3. The first-order chi connectivity index (χ1) is 12.9. The summed E-state index contributed by atoms with van der Waals surface area (Å²) < 4.78 is 31.8. The van der Waals surface area contributed by atoms with Crippen LogP contribution in [0.2, 0.25) is 5.02 Å². The highest BCUT2D eigenvalue weighted by Crippen LogP contribution is 2.25. The van der Waals surface area contributed by atoms with Crippen molar-refractivity contribution in [2.45, 2.75) is 4.90 Å². The molecule has 0 spiro atoms. The van der Waals surface area contributed by atoms with E-state index in [9.17, 15) is 13.2 Å². The molecule has 3 rings (SSSR count). The number of anilines is 1. The number of carbonyl (C=O) groups is 1. The molecule has 5 nitrogen and oxygen atoms in total. The summed E-state index contributed by atoms with van der Waals surface area (Å²) >= 11 is 5.99.